The van der Waals surface area contributed by atoms with Gasteiger partial charge in [-0.25, -0.2) is 0 Å². The summed E-state index contributed by atoms with van der Waals surface area (Å²) in [5, 5.41) is 0. The van der Waals surface area contributed by atoms with Gasteiger partial charge in [-0.3, -0.25) is 0 Å². The van der Waals surface area contributed by atoms with Gasteiger partial charge >= 0.3 is 0 Å². The second-order valence-corrected chi connectivity index (χ2v) is 6.37. The van der Waals surface area contributed by atoms with Crippen LogP contribution in [0.15, 0.2) is 30.3 Å². The molecule has 0 aromatic heterocycles. The molecule has 1 aromatic carbocycles. The van der Waals surface area contributed by atoms with Crippen LogP contribution in [-0.2, 0) is 6.42 Å². The summed E-state index contributed by atoms with van der Waals surface area (Å²) in [7, 11) is 1.64. The van der Waals surface area contributed by atoms with E-state index in [1.807, 2.05) is 0 Å². The van der Waals surface area contributed by atoms with Crippen LogP contribution in [-0.4, -0.2) is 12.3 Å². The molecule has 1 rings (SSSR count). The van der Waals surface area contributed by atoms with E-state index in [9.17, 15) is 0 Å². The average Bonchev–Trinajstić information content (AvgIpc) is 2.42. The molecule has 18 heavy (non-hydrogen) atoms. The van der Waals surface area contributed by atoms with E-state index in [-0.39, 0.29) is 0 Å². The highest BCUT2D eigenvalue weighted by molar-refractivity contribution is 7.37. The number of unbranched alkanes of at least 4 members (excludes halogenated alkanes) is 6. The number of aryl methyl sites for hydroxylation is 1. The van der Waals surface area contributed by atoms with Crippen LogP contribution >= 0.6 is 8.58 Å². The molecule has 0 unspecified atom stereocenters. The zero-order chi connectivity index (χ0) is 12.9. The molecule has 0 saturated carbocycles. The van der Waals surface area contributed by atoms with Crippen LogP contribution in [0, 0.1) is 0 Å². The molecule has 1 radical (unpaired) electrons. The Bertz CT molecular complexity index is 268. The van der Waals surface area contributed by atoms with Gasteiger partial charge in [0.05, 0.1) is 0 Å². The van der Waals surface area contributed by atoms with Gasteiger partial charge < -0.3 is 0 Å². The number of rotatable bonds is 11. The van der Waals surface area contributed by atoms with Gasteiger partial charge in [0, 0.05) is 0 Å². The molecule has 0 aliphatic carbocycles. The van der Waals surface area contributed by atoms with Crippen molar-refractivity contribution < 1.29 is 0 Å². The Balaban J connectivity index is 1.82. The minimum Gasteiger partial charge on any atom is -0.0806 e. The van der Waals surface area contributed by atoms with E-state index < -0.39 is 0 Å². The van der Waals surface area contributed by atoms with Crippen LogP contribution in [0.3, 0.4) is 0 Å². The van der Waals surface area contributed by atoms with E-state index in [0.29, 0.717) is 0 Å². The lowest BCUT2D eigenvalue weighted by Gasteiger charge is -2.02. The van der Waals surface area contributed by atoms with E-state index in [2.05, 4.69) is 37.3 Å². The van der Waals surface area contributed by atoms with E-state index in [1.54, 1.807) is 8.58 Å². The fourth-order valence-corrected chi connectivity index (χ4v) is 3.23. The first kappa shape index (κ1) is 15.7. The predicted molar refractivity (Wildman–Crippen MR) is 84.8 cm³/mol. The molecular formula is C17H28P. The minimum absolute atomic E-state index is 1.25. The SMILES string of the molecule is CCCCCCCCC[P]CCc1ccccc1. The van der Waals surface area contributed by atoms with Crippen LogP contribution in [0.2, 0.25) is 0 Å². The molecule has 0 nitrogen and oxygen atoms in total. The lowest BCUT2D eigenvalue weighted by Crippen LogP contribution is -1.88. The Kier molecular flexibility index (Phi) is 10.2. The summed E-state index contributed by atoms with van der Waals surface area (Å²) < 4.78 is 0. The van der Waals surface area contributed by atoms with Gasteiger partial charge in [-0.15, -0.1) is 0 Å². The lowest BCUT2D eigenvalue weighted by atomic mass is 10.1. The van der Waals surface area contributed by atoms with Gasteiger partial charge in [-0.1, -0.05) is 84.4 Å². The van der Waals surface area contributed by atoms with Crippen LogP contribution < -0.4 is 0 Å². The topological polar surface area (TPSA) is 0 Å². The van der Waals surface area contributed by atoms with Crippen molar-refractivity contribution in [1.29, 1.82) is 0 Å². The molecule has 0 atom stereocenters. The van der Waals surface area contributed by atoms with Gasteiger partial charge in [0.1, 0.15) is 0 Å². The van der Waals surface area contributed by atoms with Crippen LogP contribution in [0.25, 0.3) is 0 Å². The molecular weight excluding hydrogens is 235 g/mol. The number of hydrogen-bond acceptors (Lipinski definition) is 0. The van der Waals surface area contributed by atoms with Crippen molar-refractivity contribution in [3.8, 4) is 0 Å². The lowest BCUT2D eigenvalue weighted by molar-refractivity contribution is 0.603. The molecule has 0 bridgehead atoms. The van der Waals surface area contributed by atoms with Crippen molar-refractivity contribution in [3.63, 3.8) is 0 Å². The Morgan fingerprint density at radius 2 is 1.44 bits per heavy atom. The highest BCUT2D eigenvalue weighted by atomic mass is 31.1. The first-order valence-corrected chi connectivity index (χ1v) is 8.87. The van der Waals surface area contributed by atoms with Crippen LogP contribution in [0.4, 0.5) is 0 Å². The van der Waals surface area contributed by atoms with Crippen molar-refractivity contribution in [3.05, 3.63) is 35.9 Å². The second kappa shape index (κ2) is 11.7. The molecule has 0 amide bonds. The summed E-state index contributed by atoms with van der Waals surface area (Å²) >= 11 is 0. The summed E-state index contributed by atoms with van der Waals surface area (Å²) in [6, 6.07) is 10.9. The van der Waals surface area contributed by atoms with Gasteiger partial charge in [0.25, 0.3) is 0 Å². The molecule has 1 heteroatoms. The van der Waals surface area contributed by atoms with Crippen molar-refractivity contribution in [2.45, 2.75) is 58.3 Å². The first-order chi connectivity index (χ1) is 8.93. The maximum Gasteiger partial charge on any atom is -0.0236 e. The molecule has 0 fully saturated rings. The van der Waals surface area contributed by atoms with Gasteiger partial charge in [-0.2, -0.15) is 0 Å². The van der Waals surface area contributed by atoms with E-state index in [4.69, 9.17) is 0 Å². The molecule has 1 aromatic rings. The maximum atomic E-state index is 2.28. The molecule has 0 heterocycles. The zero-order valence-corrected chi connectivity index (χ0v) is 12.8. The summed E-state index contributed by atoms with van der Waals surface area (Å²) in [5.41, 5.74) is 1.49. The average molecular weight is 263 g/mol. The third kappa shape index (κ3) is 8.70. The monoisotopic (exact) mass is 263 g/mol. The molecule has 101 valence electrons. The Hall–Kier alpha value is -0.350. The molecule has 0 aliphatic rings. The maximum absolute atomic E-state index is 2.28. The summed E-state index contributed by atoms with van der Waals surface area (Å²) in [6.07, 6.45) is 14.0. The van der Waals surface area contributed by atoms with Crippen LogP contribution in [0.1, 0.15) is 57.4 Å². The second-order valence-electron chi connectivity index (χ2n) is 5.03. The summed E-state index contributed by atoms with van der Waals surface area (Å²) in [4.78, 5) is 0. The quantitative estimate of drug-likeness (QED) is 0.343. The normalized spacial score (nSPS) is 11.4. The smallest absolute Gasteiger partial charge is 0.0236 e. The highest BCUT2D eigenvalue weighted by Gasteiger charge is 1.94. The predicted octanol–water partition coefficient (Wildman–Crippen LogP) is 5.93. The van der Waals surface area contributed by atoms with Gasteiger partial charge in [0.15, 0.2) is 0 Å². The largest absolute Gasteiger partial charge is 0.0806 e. The van der Waals surface area contributed by atoms with Gasteiger partial charge in [-0.05, 0) is 30.7 Å². The molecule has 0 N–H and O–H groups in total. The molecule has 0 saturated heterocycles. The number of hydrogen-bond donors (Lipinski definition) is 0. The van der Waals surface area contributed by atoms with Crippen molar-refractivity contribution in [1.82, 2.24) is 0 Å². The van der Waals surface area contributed by atoms with Crippen molar-refractivity contribution in [2.24, 2.45) is 0 Å². The fourth-order valence-electron chi connectivity index (χ4n) is 2.15. The Morgan fingerprint density at radius 3 is 2.17 bits per heavy atom. The summed E-state index contributed by atoms with van der Waals surface area (Å²) in [6.45, 7) is 2.28. The molecule has 0 aliphatic heterocycles. The molecule has 0 spiro atoms. The first-order valence-electron chi connectivity index (χ1n) is 7.60. The highest BCUT2D eigenvalue weighted by Crippen LogP contribution is 2.16. The Morgan fingerprint density at radius 1 is 0.778 bits per heavy atom. The fraction of sp³-hybridized carbons (Fsp3) is 0.647. The van der Waals surface area contributed by atoms with Gasteiger partial charge in [0.2, 0.25) is 0 Å². The zero-order valence-electron chi connectivity index (χ0n) is 11.9. The number of benzene rings is 1. The minimum atomic E-state index is 1.25. The van der Waals surface area contributed by atoms with Crippen molar-refractivity contribution in [2.75, 3.05) is 12.3 Å². The Labute approximate surface area is 115 Å². The summed E-state index contributed by atoms with van der Waals surface area (Å²) in [5.74, 6) is 0. The van der Waals surface area contributed by atoms with Crippen LogP contribution in [0.5, 0.6) is 0 Å². The van der Waals surface area contributed by atoms with E-state index in [0.717, 1.165) is 0 Å². The van der Waals surface area contributed by atoms with Crippen molar-refractivity contribution >= 4 is 8.58 Å². The van der Waals surface area contributed by atoms with E-state index in [1.165, 1.54) is 69.3 Å². The third-order valence-corrected chi connectivity index (χ3v) is 4.49. The standard InChI is InChI=1S/C17H28P/c1-2-3-4-5-6-7-11-15-18-16-14-17-12-9-8-10-13-17/h8-10,12-13H,2-7,11,14-16H2,1H3. The third-order valence-electron chi connectivity index (χ3n) is 3.32. The van der Waals surface area contributed by atoms with E-state index >= 15 is 0 Å².